The van der Waals surface area contributed by atoms with Gasteiger partial charge in [-0.2, -0.15) is 10.2 Å². The summed E-state index contributed by atoms with van der Waals surface area (Å²) < 4.78 is 0. The van der Waals surface area contributed by atoms with E-state index in [2.05, 4.69) is 31.7 Å². The Kier molecular flexibility index (Phi) is 7.65. The van der Waals surface area contributed by atoms with Gasteiger partial charge in [0.25, 0.3) is 5.69 Å². The van der Waals surface area contributed by atoms with Gasteiger partial charge in [0, 0.05) is 31.8 Å². The second-order valence-electron chi connectivity index (χ2n) is 4.34. The Bertz CT molecular complexity index is 686. The van der Waals surface area contributed by atoms with Crippen molar-refractivity contribution in [1.29, 1.82) is 0 Å². The van der Waals surface area contributed by atoms with Gasteiger partial charge in [-0.05, 0) is 43.5 Å². The summed E-state index contributed by atoms with van der Waals surface area (Å²) in [6, 6.07) is 5.94. The van der Waals surface area contributed by atoms with Crippen LogP contribution >= 0.6 is 24.4 Å². The maximum atomic E-state index is 10.8. The molecule has 24 heavy (non-hydrogen) atoms. The highest BCUT2D eigenvalue weighted by Gasteiger charge is 2.12. The van der Waals surface area contributed by atoms with Crippen LogP contribution in [0.2, 0.25) is 0 Å². The fourth-order valence-corrected chi connectivity index (χ4v) is 1.59. The Morgan fingerprint density at radius 2 is 1.54 bits per heavy atom. The van der Waals surface area contributed by atoms with Gasteiger partial charge in [0.2, 0.25) is 0 Å². The number of benzene rings is 1. The molecule has 9 nitrogen and oxygen atoms in total. The third-order valence-corrected chi connectivity index (χ3v) is 3.33. The lowest BCUT2D eigenvalue weighted by Gasteiger charge is -2.09. The van der Waals surface area contributed by atoms with Crippen molar-refractivity contribution >= 4 is 51.8 Å². The molecule has 0 aliphatic heterocycles. The fraction of sp³-hybridized carbons (Fsp3) is 0.231. The summed E-state index contributed by atoms with van der Waals surface area (Å²) in [7, 11) is 3.32. The van der Waals surface area contributed by atoms with Crippen LogP contribution in [-0.4, -0.2) is 40.7 Å². The molecular formula is C13H17N7O2S2. The molecule has 0 heterocycles. The van der Waals surface area contributed by atoms with Crippen LogP contribution in [0.15, 0.2) is 34.5 Å². The molecular weight excluding hydrogens is 350 g/mol. The van der Waals surface area contributed by atoms with Gasteiger partial charge in [-0.25, -0.2) is 0 Å². The molecule has 0 aliphatic rings. The number of non-ortho nitro benzene ring substituents is 1. The Labute approximate surface area is 149 Å². The van der Waals surface area contributed by atoms with Gasteiger partial charge in [0.15, 0.2) is 10.2 Å². The van der Waals surface area contributed by atoms with Crippen molar-refractivity contribution in [2.24, 2.45) is 10.2 Å². The Morgan fingerprint density at radius 1 is 1.04 bits per heavy atom. The van der Waals surface area contributed by atoms with Crippen LogP contribution in [0.5, 0.6) is 0 Å². The van der Waals surface area contributed by atoms with Crippen LogP contribution in [0, 0.1) is 10.1 Å². The molecule has 1 aromatic rings. The van der Waals surface area contributed by atoms with Crippen LogP contribution in [-0.2, 0) is 0 Å². The number of nitro benzene ring substituents is 1. The molecule has 0 amide bonds. The summed E-state index contributed by atoms with van der Waals surface area (Å²) in [5, 5.41) is 25.2. The number of nitro groups is 1. The van der Waals surface area contributed by atoms with E-state index in [-0.39, 0.29) is 5.69 Å². The first-order chi connectivity index (χ1) is 11.4. The molecule has 0 atom stereocenters. The van der Waals surface area contributed by atoms with Gasteiger partial charge in [-0.15, -0.1) is 0 Å². The van der Waals surface area contributed by atoms with Gasteiger partial charge < -0.3 is 10.6 Å². The number of thiocarbonyl (C=S) groups is 2. The standard InChI is InChI=1S/C13H17N7O2S2/c1-8(16-18-12(23)14-2)11(17-19-13(24)15-3)9-4-6-10(7-5-9)20(21)22/h4-7H,1-3H3,(H2,14,18,23)(H2,15,19,24). The highest BCUT2D eigenvalue weighted by atomic mass is 32.1. The summed E-state index contributed by atoms with van der Waals surface area (Å²) in [5.74, 6) is 0. The monoisotopic (exact) mass is 367 g/mol. The molecule has 1 rings (SSSR count). The summed E-state index contributed by atoms with van der Waals surface area (Å²) in [6.07, 6.45) is 0. The average molecular weight is 367 g/mol. The second-order valence-corrected chi connectivity index (χ2v) is 5.16. The van der Waals surface area contributed by atoms with Crippen molar-refractivity contribution in [1.82, 2.24) is 21.5 Å². The summed E-state index contributed by atoms with van der Waals surface area (Å²) in [4.78, 5) is 10.3. The van der Waals surface area contributed by atoms with E-state index in [0.29, 0.717) is 27.2 Å². The minimum absolute atomic E-state index is 0.0131. The largest absolute Gasteiger partial charge is 0.364 e. The third kappa shape index (κ3) is 5.85. The molecule has 0 saturated carbocycles. The smallest absolute Gasteiger partial charge is 0.269 e. The Balaban J connectivity index is 3.15. The quantitative estimate of drug-likeness (QED) is 0.262. The predicted molar refractivity (Wildman–Crippen MR) is 102 cm³/mol. The molecule has 1 aromatic carbocycles. The van der Waals surface area contributed by atoms with Gasteiger partial charge in [-0.3, -0.25) is 21.0 Å². The first-order valence-corrected chi connectivity index (χ1v) is 7.53. The number of rotatable bonds is 5. The summed E-state index contributed by atoms with van der Waals surface area (Å²) >= 11 is 9.94. The lowest BCUT2D eigenvalue weighted by Crippen LogP contribution is -2.32. The van der Waals surface area contributed by atoms with Crippen LogP contribution in [0.25, 0.3) is 0 Å². The van der Waals surface area contributed by atoms with E-state index in [1.807, 2.05) is 0 Å². The van der Waals surface area contributed by atoms with Crippen molar-refractivity contribution in [3.8, 4) is 0 Å². The van der Waals surface area contributed by atoms with E-state index >= 15 is 0 Å². The molecule has 0 bridgehead atoms. The molecule has 0 unspecified atom stereocenters. The highest BCUT2D eigenvalue weighted by Crippen LogP contribution is 2.13. The van der Waals surface area contributed by atoms with Crippen molar-refractivity contribution < 1.29 is 4.92 Å². The first kappa shape index (κ1) is 19.4. The minimum atomic E-state index is -0.469. The fourth-order valence-electron chi connectivity index (χ4n) is 1.50. The summed E-state index contributed by atoms with van der Waals surface area (Å²) in [5.41, 5.74) is 6.90. The van der Waals surface area contributed by atoms with E-state index in [1.54, 1.807) is 33.2 Å². The predicted octanol–water partition coefficient (Wildman–Crippen LogP) is 0.863. The third-order valence-electron chi connectivity index (χ3n) is 2.74. The maximum absolute atomic E-state index is 10.8. The zero-order chi connectivity index (χ0) is 18.1. The van der Waals surface area contributed by atoms with E-state index in [4.69, 9.17) is 24.4 Å². The van der Waals surface area contributed by atoms with Crippen molar-refractivity contribution in [3.63, 3.8) is 0 Å². The van der Waals surface area contributed by atoms with Gasteiger partial charge in [-0.1, -0.05) is 0 Å². The number of nitrogens with zero attached hydrogens (tertiary/aromatic N) is 3. The lowest BCUT2D eigenvalue weighted by molar-refractivity contribution is -0.384. The van der Waals surface area contributed by atoms with Crippen molar-refractivity contribution in [2.75, 3.05) is 14.1 Å². The number of hydrogen-bond acceptors (Lipinski definition) is 6. The van der Waals surface area contributed by atoms with Crippen LogP contribution in [0.1, 0.15) is 12.5 Å². The van der Waals surface area contributed by atoms with E-state index in [0.717, 1.165) is 0 Å². The molecule has 128 valence electrons. The van der Waals surface area contributed by atoms with Gasteiger partial charge in [0.1, 0.15) is 5.71 Å². The minimum Gasteiger partial charge on any atom is -0.364 e. The average Bonchev–Trinajstić information content (AvgIpc) is 2.59. The van der Waals surface area contributed by atoms with E-state index in [1.165, 1.54) is 12.1 Å². The molecule has 0 spiro atoms. The second kappa shape index (κ2) is 9.47. The number of nitrogens with one attached hydrogen (secondary N) is 4. The van der Waals surface area contributed by atoms with Crippen molar-refractivity contribution in [2.45, 2.75) is 6.92 Å². The lowest BCUT2D eigenvalue weighted by atomic mass is 10.1. The first-order valence-electron chi connectivity index (χ1n) is 6.71. The SMILES string of the molecule is CNC(=S)NN=C(C)C(=NNC(=S)NC)c1ccc([N+](=O)[O-])cc1. The maximum Gasteiger partial charge on any atom is 0.269 e. The van der Waals surface area contributed by atoms with Gasteiger partial charge >= 0.3 is 0 Å². The van der Waals surface area contributed by atoms with Crippen LogP contribution < -0.4 is 21.5 Å². The Hall–Kier alpha value is -2.66. The molecule has 0 aliphatic carbocycles. The molecule has 0 aromatic heterocycles. The van der Waals surface area contributed by atoms with Crippen molar-refractivity contribution in [3.05, 3.63) is 39.9 Å². The van der Waals surface area contributed by atoms with Crippen LogP contribution in [0.4, 0.5) is 5.69 Å². The molecule has 4 N–H and O–H groups in total. The number of hydrogen-bond donors (Lipinski definition) is 4. The normalized spacial score (nSPS) is 11.5. The molecule has 0 fully saturated rings. The number of hydrazone groups is 2. The van der Waals surface area contributed by atoms with Gasteiger partial charge in [0.05, 0.1) is 10.6 Å². The zero-order valence-corrected chi connectivity index (χ0v) is 14.9. The van der Waals surface area contributed by atoms with E-state index < -0.39 is 4.92 Å². The van der Waals surface area contributed by atoms with E-state index in [9.17, 15) is 10.1 Å². The zero-order valence-electron chi connectivity index (χ0n) is 13.3. The Morgan fingerprint density at radius 3 is 2.00 bits per heavy atom. The molecule has 0 saturated heterocycles. The molecule has 11 heteroatoms. The summed E-state index contributed by atoms with van der Waals surface area (Å²) in [6.45, 7) is 1.72. The highest BCUT2D eigenvalue weighted by molar-refractivity contribution is 7.80. The topological polar surface area (TPSA) is 116 Å². The van der Waals surface area contributed by atoms with Crippen LogP contribution in [0.3, 0.4) is 0 Å². The molecule has 0 radical (unpaired) electrons.